The molecule has 2 aliphatic rings. The molecular formula is C25H29FN2O2. The molecular weight excluding hydrogens is 379 g/mol. The molecule has 0 aromatic heterocycles. The van der Waals surface area contributed by atoms with E-state index in [-0.39, 0.29) is 11.9 Å². The van der Waals surface area contributed by atoms with Crippen molar-refractivity contribution in [3.8, 4) is 0 Å². The number of amides is 1. The molecule has 4 nitrogen and oxygen atoms in total. The fourth-order valence-electron chi connectivity index (χ4n) is 4.63. The highest BCUT2D eigenvalue weighted by Gasteiger charge is 2.41. The first-order valence-electron chi connectivity index (χ1n) is 10.7. The zero-order valence-corrected chi connectivity index (χ0v) is 17.3. The van der Waals surface area contributed by atoms with Crippen molar-refractivity contribution in [1.29, 1.82) is 0 Å². The van der Waals surface area contributed by atoms with Crippen LogP contribution in [0, 0.1) is 11.7 Å². The Morgan fingerprint density at radius 3 is 2.40 bits per heavy atom. The molecule has 1 amide bonds. The normalized spacial score (nSPS) is 22.6. The van der Waals surface area contributed by atoms with Crippen molar-refractivity contribution >= 4 is 11.8 Å². The minimum absolute atomic E-state index is 0.280. The van der Waals surface area contributed by atoms with E-state index in [1.165, 1.54) is 17.8 Å². The van der Waals surface area contributed by atoms with Crippen molar-refractivity contribution in [2.24, 2.45) is 5.92 Å². The number of carbonyl (C=O) groups excluding carboxylic acids is 1. The molecule has 2 aromatic rings. The average molecular weight is 409 g/mol. The van der Waals surface area contributed by atoms with Gasteiger partial charge in [0.1, 0.15) is 11.4 Å². The maximum Gasteiger partial charge on any atom is 0.410 e. The minimum Gasteiger partial charge on any atom is -0.437 e. The summed E-state index contributed by atoms with van der Waals surface area (Å²) < 4.78 is 19.3. The molecule has 0 spiro atoms. The molecule has 2 heterocycles. The number of ether oxygens (including phenoxy) is 1. The van der Waals surface area contributed by atoms with Gasteiger partial charge in [-0.1, -0.05) is 36.4 Å². The lowest BCUT2D eigenvalue weighted by Gasteiger charge is -2.43. The Morgan fingerprint density at radius 1 is 1.07 bits per heavy atom. The maximum atomic E-state index is 13.4. The largest absolute Gasteiger partial charge is 0.437 e. The van der Waals surface area contributed by atoms with Crippen molar-refractivity contribution in [2.75, 3.05) is 31.1 Å². The van der Waals surface area contributed by atoms with Crippen LogP contribution in [0.5, 0.6) is 0 Å². The van der Waals surface area contributed by atoms with Crippen LogP contribution in [0.25, 0.3) is 0 Å². The molecule has 30 heavy (non-hydrogen) atoms. The van der Waals surface area contributed by atoms with E-state index >= 15 is 0 Å². The van der Waals surface area contributed by atoms with Gasteiger partial charge in [0.15, 0.2) is 0 Å². The summed E-state index contributed by atoms with van der Waals surface area (Å²) in [6.45, 7) is 7.22. The predicted octanol–water partition coefficient (Wildman–Crippen LogP) is 5.36. The van der Waals surface area contributed by atoms with E-state index in [2.05, 4.69) is 35.7 Å². The Hall–Kier alpha value is -2.82. The van der Waals surface area contributed by atoms with Crippen LogP contribution >= 0.6 is 0 Å². The summed E-state index contributed by atoms with van der Waals surface area (Å²) in [5.74, 6) is 0.188. The molecule has 2 aliphatic heterocycles. The van der Waals surface area contributed by atoms with Crippen LogP contribution in [0.3, 0.4) is 0 Å². The fraction of sp³-hybridized carbons (Fsp3) is 0.400. The summed E-state index contributed by atoms with van der Waals surface area (Å²) in [6.07, 6.45) is 4.82. The monoisotopic (exact) mass is 408 g/mol. The maximum absolute atomic E-state index is 13.4. The summed E-state index contributed by atoms with van der Waals surface area (Å²) in [5, 5.41) is 0. The summed E-state index contributed by atoms with van der Waals surface area (Å²) >= 11 is 0. The highest BCUT2D eigenvalue weighted by atomic mass is 19.1. The number of para-hydroxylation sites is 1. The second-order valence-electron chi connectivity index (χ2n) is 8.32. The van der Waals surface area contributed by atoms with Crippen LogP contribution in [-0.4, -0.2) is 37.2 Å². The van der Waals surface area contributed by atoms with Gasteiger partial charge in [0, 0.05) is 44.7 Å². The SMILES string of the molecule is C=CCC1(c2ccc(F)cc2)CCN(CC2CCN(c3ccccc3)CC2)C(=O)O1. The van der Waals surface area contributed by atoms with Gasteiger partial charge in [0.05, 0.1) is 0 Å². The summed E-state index contributed by atoms with van der Waals surface area (Å²) in [5.41, 5.74) is 1.34. The molecule has 4 rings (SSSR count). The molecule has 1 unspecified atom stereocenters. The zero-order valence-electron chi connectivity index (χ0n) is 17.3. The fourth-order valence-corrected chi connectivity index (χ4v) is 4.63. The standard InChI is InChI=1S/C25H29FN2O2/c1-2-14-25(21-8-10-22(26)11-9-21)15-18-28(24(29)30-25)19-20-12-16-27(17-13-20)23-6-4-3-5-7-23/h2-11,20H,1,12-19H2. The van der Waals surface area contributed by atoms with Crippen molar-refractivity contribution in [1.82, 2.24) is 4.90 Å². The number of piperidine rings is 1. The van der Waals surface area contributed by atoms with Gasteiger partial charge in [-0.05, 0) is 48.6 Å². The van der Waals surface area contributed by atoms with E-state index in [1.807, 2.05) is 11.0 Å². The summed E-state index contributed by atoms with van der Waals surface area (Å²) in [4.78, 5) is 17.1. The van der Waals surface area contributed by atoms with Gasteiger partial charge in [-0.3, -0.25) is 0 Å². The molecule has 2 fully saturated rings. The van der Waals surface area contributed by atoms with Gasteiger partial charge in [-0.15, -0.1) is 6.58 Å². The number of nitrogens with zero attached hydrogens (tertiary/aromatic N) is 2. The lowest BCUT2D eigenvalue weighted by atomic mass is 9.85. The van der Waals surface area contributed by atoms with Crippen LogP contribution in [-0.2, 0) is 10.3 Å². The Morgan fingerprint density at radius 2 is 1.77 bits per heavy atom. The minimum atomic E-state index is -0.750. The van der Waals surface area contributed by atoms with Crippen LogP contribution < -0.4 is 4.90 Å². The molecule has 0 radical (unpaired) electrons. The number of hydrogen-bond acceptors (Lipinski definition) is 3. The molecule has 0 N–H and O–H groups in total. The first-order chi connectivity index (χ1) is 14.6. The Kier molecular flexibility index (Phi) is 6.07. The van der Waals surface area contributed by atoms with Gasteiger partial charge >= 0.3 is 6.09 Å². The predicted molar refractivity (Wildman–Crippen MR) is 117 cm³/mol. The summed E-state index contributed by atoms with van der Waals surface area (Å²) in [7, 11) is 0. The highest BCUT2D eigenvalue weighted by molar-refractivity contribution is 5.69. The van der Waals surface area contributed by atoms with Crippen LogP contribution in [0.2, 0.25) is 0 Å². The smallest absolute Gasteiger partial charge is 0.410 e. The van der Waals surface area contributed by atoms with E-state index in [0.29, 0.717) is 25.3 Å². The third-order valence-corrected chi connectivity index (χ3v) is 6.39. The second-order valence-corrected chi connectivity index (χ2v) is 8.32. The summed E-state index contributed by atoms with van der Waals surface area (Å²) in [6, 6.07) is 16.7. The number of halogens is 1. The van der Waals surface area contributed by atoms with E-state index in [9.17, 15) is 9.18 Å². The number of benzene rings is 2. The topological polar surface area (TPSA) is 32.8 Å². The van der Waals surface area contributed by atoms with Gasteiger partial charge in [-0.25, -0.2) is 9.18 Å². The molecule has 0 bridgehead atoms. The Labute approximate surface area is 177 Å². The van der Waals surface area contributed by atoms with Crippen molar-refractivity contribution < 1.29 is 13.9 Å². The van der Waals surface area contributed by atoms with Crippen LogP contribution in [0.1, 0.15) is 31.2 Å². The molecule has 158 valence electrons. The molecule has 0 saturated carbocycles. The molecule has 5 heteroatoms. The van der Waals surface area contributed by atoms with Crippen molar-refractivity contribution in [3.63, 3.8) is 0 Å². The Bertz CT molecular complexity index is 862. The van der Waals surface area contributed by atoms with Crippen molar-refractivity contribution in [3.05, 3.63) is 78.6 Å². The van der Waals surface area contributed by atoms with Gasteiger partial charge in [0.25, 0.3) is 0 Å². The van der Waals surface area contributed by atoms with E-state index in [0.717, 1.165) is 38.0 Å². The number of rotatable bonds is 6. The number of hydrogen-bond donors (Lipinski definition) is 0. The lowest BCUT2D eigenvalue weighted by molar-refractivity contribution is -0.0542. The zero-order chi connectivity index (χ0) is 21.0. The second kappa shape index (κ2) is 8.90. The number of carbonyl (C=O) groups is 1. The van der Waals surface area contributed by atoms with E-state index < -0.39 is 5.60 Å². The quantitative estimate of drug-likeness (QED) is 0.604. The van der Waals surface area contributed by atoms with Crippen molar-refractivity contribution in [2.45, 2.75) is 31.3 Å². The Balaban J connectivity index is 1.36. The van der Waals surface area contributed by atoms with Gasteiger partial charge in [0.2, 0.25) is 0 Å². The van der Waals surface area contributed by atoms with Crippen LogP contribution in [0.4, 0.5) is 14.9 Å². The molecule has 2 saturated heterocycles. The number of anilines is 1. The molecule has 2 aromatic carbocycles. The van der Waals surface area contributed by atoms with E-state index in [1.54, 1.807) is 18.2 Å². The third kappa shape index (κ3) is 4.35. The van der Waals surface area contributed by atoms with Gasteiger partial charge in [-0.2, -0.15) is 0 Å². The van der Waals surface area contributed by atoms with Crippen LogP contribution in [0.15, 0.2) is 67.3 Å². The first kappa shape index (κ1) is 20.5. The third-order valence-electron chi connectivity index (χ3n) is 6.39. The average Bonchev–Trinajstić information content (AvgIpc) is 2.77. The first-order valence-corrected chi connectivity index (χ1v) is 10.7. The lowest BCUT2D eigenvalue weighted by Crippen LogP contribution is -2.50. The highest BCUT2D eigenvalue weighted by Crippen LogP contribution is 2.38. The van der Waals surface area contributed by atoms with E-state index in [4.69, 9.17) is 4.74 Å². The molecule has 0 aliphatic carbocycles. The molecule has 1 atom stereocenters. The van der Waals surface area contributed by atoms with Gasteiger partial charge < -0.3 is 14.5 Å². The number of cyclic esters (lactones) is 1.